The summed E-state index contributed by atoms with van der Waals surface area (Å²) in [6.07, 6.45) is 3.81. The smallest absolute Gasteiger partial charge is 0.283 e. The van der Waals surface area contributed by atoms with E-state index in [9.17, 15) is 15.2 Å². The first-order valence-corrected chi connectivity index (χ1v) is 7.67. The van der Waals surface area contributed by atoms with E-state index in [0.717, 1.165) is 37.8 Å². The molecule has 1 aliphatic rings. The Kier molecular flexibility index (Phi) is 5.51. The predicted molar refractivity (Wildman–Crippen MR) is 80.5 cm³/mol. The molecule has 1 fully saturated rings. The summed E-state index contributed by atoms with van der Waals surface area (Å²) >= 11 is 3.30. The maximum Gasteiger partial charge on any atom is 0.283 e. The second kappa shape index (κ2) is 7.15. The third kappa shape index (κ3) is 4.01. The largest absolute Gasteiger partial charge is 0.393 e. The molecular formula is C14H19BrN2O3. The van der Waals surface area contributed by atoms with Gasteiger partial charge >= 0.3 is 0 Å². The topological polar surface area (TPSA) is 75.4 Å². The van der Waals surface area contributed by atoms with Crippen molar-refractivity contribution < 1.29 is 10.0 Å². The molecule has 6 heteroatoms. The normalized spacial score (nSPS) is 22.7. The van der Waals surface area contributed by atoms with E-state index in [1.54, 1.807) is 6.07 Å². The van der Waals surface area contributed by atoms with Crippen LogP contribution in [0.2, 0.25) is 0 Å². The zero-order chi connectivity index (χ0) is 14.5. The lowest BCUT2D eigenvalue weighted by Crippen LogP contribution is -2.29. The molecule has 110 valence electrons. The number of nitrogens with zero attached hydrogens (tertiary/aromatic N) is 1. The van der Waals surface area contributed by atoms with Crippen molar-refractivity contribution in [2.75, 3.05) is 6.54 Å². The minimum Gasteiger partial charge on any atom is -0.393 e. The van der Waals surface area contributed by atoms with Crippen LogP contribution in [0.3, 0.4) is 0 Å². The first kappa shape index (κ1) is 15.4. The second-order valence-corrected chi connectivity index (χ2v) is 6.12. The van der Waals surface area contributed by atoms with Gasteiger partial charge in [0.05, 0.1) is 15.5 Å². The Morgan fingerprint density at radius 3 is 2.95 bits per heavy atom. The molecule has 2 unspecified atom stereocenters. The van der Waals surface area contributed by atoms with Gasteiger partial charge in [-0.05, 0) is 53.2 Å². The average Bonchev–Trinajstić information content (AvgIpc) is 2.40. The van der Waals surface area contributed by atoms with Gasteiger partial charge in [-0.15, -0.1) is 0 Å². The monoisotopic (exact) mass is 342 g/mol. The summed E-state index contributed by atoms with van der Waals surface area (Å²) in [5.74, 6) is 0.497. The lowest BCUT2D eigenvalue weighted by molar-refractivity contribution is -0.385. The highest BCUT2D eigenvalue weighted by molar-refractivity contribution is 9.10. The summed E-state index contributed by atoms with van der Waals surface area (Å²) in [6, 6.07) is 5.06. The quantitative estimate of drug-likeness (QED) is 0.637. The van der Waals surface area contributed by atoms with E-state index in [1.807, 2.05) is 6.07 Å². The highest BCUT2D eigenvalue weighted by Crippen LogP contribution is 2.28. The Hall–Kier alpha value is -0.980. The summed E-state index contributed by atoms with van der Waals surface area (Å²) in [4.78, 5) is 10.5. The Morgan fingerprint density at radius 2 is 2.25 bits per heavy atom. The Balaban J connectivity index is 1.88. The number of nitro benzene ring substituents is 1. The van der Waals surface area contributed by atoms with Crippen LogP contribution in [-0.2, 0) is 6.54 Å². The molecule has 1 aromatic carbocycles. The van der Waals surface area contributed by atoms with Gasteiger partial charge in [0.2, 0.25) is 0 Å². The number of nitrogens with one attached hydrogen (secondary N) is 1. The summed E-state index contributed by atoms with van der Waals surface area (Å²) in [6.45, 7) is 1.43. The van der Waals surface area contributed by atoms with Crippen molar-refractivity contribution in [1.82, 2.24) is 5.32 Å². The lowest BCUT2D eigenvalue weighted by Gasteiger charge is -2.26. The standard InChI is InChI=1S/C14H19BrN2O3/c15-14-11(4-2-6-13(14)17(19)20)9-16-8-10-3-1-5-12(18)7-10/h2,4,6,10,12,16,18H,1,3,5,7-9H2. The van der Waals surface area contributed by atoms with E-state index < -0.39 is 0 Å². The zero-order valence-electron chi connectivity index (χ0n) is 11.2. The third-order valence-electron chi connectivity index (χ3n) is 3.76. The summed E-state index contributed by atoms with van der Waals surface area (Å²) in [5.41, 5.74) is 0.980. The van der Waals surface area contributed by atoms with E-state index in [2.05, 4.69) is 21.2 Å². The minimum absolute atomic E-state index is 0.0948. The zero-order valence-corrected chi connectivity index (χ0v) is 12.8. The maximum absolute atomic E-state index is 10.9. The van der Waals surface area contributed by atoms with E-state index in [4.69, 9.17) is 0 Å². The number of nitro groups is 1. The molecule has 1 saturated carbocycles. The van der Waals surface area contributed by atoms with Crippen LogP contribution in [0.5, 0.6) is 0 Å². The van der Waals surface area contributed by atoms with Crippen LogP contribution in [-0.4, -0.2) is 22.7 Å². The van der Waals surface area contributed by atoms with Gasteiger partial charge in [-0.3, -0.25) is 10.1 Å². The molecule has 2 atom stereocenters. The first-order valence-electron chi connectivity index (χ1n) is 6.88. The molecule has 0 radical (unpaired) electrons. The van der Waals surface area contributed by atoms with Gasteiger partial charge in [-0.25, -0.2) is 0 Å². The van der Waals surface area contributed by atoms with Gasteiger partial charge in [0.1, 0.15) is 0 Å². The predicted octanol–water partition coefficient (Wildman–Crippen LogP) is 3.00. The molecular weight excluding hydrogens is 324 g/mol. The van der Waals surface area contributed by atoms with Crippen LogP contribution < -0.4 is 5.32 Å². The highest BCUT2D eigenvalue weighted by atomic mass is 79.9. The molecule has 1 aliphatic carbocycles. The van der Waals surface area contributed by atoms with Crippen molar-refractivity contribution in [1.29, 1.82) is 0 Å². The summed E-state index contributed by atoms with van der Waals surface area (Å²) in [5, 5.41) is 23.8. The van der Waals surface area contributed by atoms with Crippen molar-refractivity contribution in [3.8, 4) is 0 Å². The van der Waals surface area contributed by atoms with Gasteiger partial charge in [0, 0.05) is 12.6 Å². The molecule has 0 amide bonds. The highest BCUT2D eigenvalue weighted by Gasteiger charge is 2.20. The summed E-state index contributed by atoms with van der Waals surface area (Å²) in [7, 11) is 0. The minimum atomic E-state index is -0.384. The van der Waals surface area contributed by atoms with Crippen molar-refractivity contribution in [3.63, 3.8) is 0 Å². The van der Waals surface area contributed by atoms with E-state index in [0.29, 0.717) is 16.9 Å². The molecule has 0 heterocycles. The molecule has 20 heavy (non-hydrogen) atoms. The fourth-order valence-electron chi connectivity index (χ4n) is 2.70. The number of hydrogen-bond acceptors (Lipinski definition) is 4. The lowest BCUT2D eigenvalue weighted by atomic mass is 9.87. The molecule has 0 spiro atoms. The number of hydrogen-bond donors (Lipinski definition) is 2. The number of halogens is 1. The molecule has 1 aromatic rings. The molecule has 2 rings (SSSR count). The van der Waals surface area contributed by atoms with Gasteiger partial charge < -0.3 is 10.4 Å². The Bertz CT molecular complexity index is 481. The van der Waals surface area contributed by atoms with E-state index >= 15 is 0 Å². The molecule has 0 aliphatic heterocycles. The van der Waals surface area contributed by atoms with E-state index in [-0.39, 0.29) is 16.7 Å². The van der Waals surface area contributed by atoms with E-state index in [1.165, 1.54) is 6.07 Å². The molecule has 5 nitrogen and oxygen atoms in total. The Morgan fingerprint density at radius 1 is 1.45 bits per heavy atom. The number of aliphatic hydroxyl groups excluding tert-OH is 1. The molecule has 0 aromatic heterocycles. The van der Waals surface area contributed by atoms with Crippen molar-refractivity contribution in [2.45, 2.75) is 38.3 Å². The molecule has 2 N–H and O–H groups in total. The van der Waals surface area contributed by atoms with Gasteiger partial charge in [-0.2, -0.15) is 0 Å². The fourth-order valence-corrected chi connectivity index (χ4v) is 3.25. The van der Waals surface area contributed by atoms with Gasteiger partial charge in [0.25, 0.3) is 5.69 Å². The third-order valence-corrected chi connectivity index (χ3v) is 4.67. The number of aliphatic hydroxyl groups is 1. The summed E-state index contributed by atoms with van der Waals surface area (Å²) < 4.78 is 0.543. The van der Waals surface area contributed by atoms with Crippen LogP contribution in [0.25, 0.3) is 0 Å². The van der Waals surface area contributed by atoms with Crippen LogP contribution in [0.1, 0.15) is 31.2 Å². The fraction of sp³-hybridized carbons (Fsp3) is 0.571. The number of benzene rings is 1. The average molecular weight is 343 g/mol. The molecule has 0 saturated heterocycles. The number of rotatable bonds is 5. The maximum atomic E-state index is 10.9. The Labute approximate surface area is 126 Å². The van der Waals surface area contributed by atoms with Crippen LogP contribution in [0.15, 0.2) is 22.7 Å². The second-order valence-electron chi connectivity index (χ2n) is 5.32. The van der Waals surface area contributed by atoms with Crippen molar-refractivity contribution >= 4 is 21.6 Å². The van der Waals surface area contributed by atoms with Crippen molar-refractivity contribution in [2.24, 2.45) is 5.92 Å². The van der Waals surface area contributed by atoms with Crippen LogP contribution in [0.4, 0.5) is 5.69 Å². The van der Waals surface area contributed by atoms with Crippen LogP contribution >= 0.6 is 15.9 Å². The van der Waals surface area contributed by atoms with Crippen molar-refractivity contribution in [3.05, 3.63) is 38.3 Å². The van der Waals surface area contributed by atoms with Gasteiger partial charge in [0.15, 0.2) is 0 Å². The van der Waals surface area contributed by atoms with Crippen LogP contribution in [0, 0.1) is 16.0 Å². The SMILES string of the molecule is O=[N+]([O-])c1cccc(CNCC2CCCC(O)C2)c1Br. The van der Waals surface area contributed by atoms with Gasteiger partial charge in [-0.1, -0.05) is 18.6 Å². The first-order chi connectivity index (χ1) is 9.58. The molecule has 0 bridgehead atoms.